The number of ketones is 3. The third-order valence-electron chi connectivity index (χ3n) is 24.3. The Morgan fingerprint density at radius 3 is 0.806 bits per heavy atom. The molecule has 690 valence electrons. The number of anilines is 5. The van der Waals surface area contributed by atoms with Gasteiger partial charge in [0.1, 0.15) is 72.0 Å². The minimum Gasteiger partial charge on any atom is -0.508 e. The molecule has 0 amide bonds. The van der Waals surface area contributed by atoms with Gasteiger partial charge >= 0.3 is 0 Å². The van der Waals surface area contributed by atoms with Crippen molar-refractivity contribution in [3.63, 3.8) is 0 Å². The van der Waals surface area contributed by atoms with Crippen molar-refractivity contribution in [1.29, 1.82) is 0 Å². The van der Waals surface area contributed by atoms with Crippen molar-refractivity contribution >= 4 is 115 Å². The summed E-state index contributed by atoms with van der Waals surface area (Å²) in [7, 11) is 0. The smallest absolute Gasteiger partial charge is 0.167 e. The molecule has 0 saturated carbocycles. The van der Waals surface area contributed by atoms with Gasteiger partial charge in [-0.1, -0.05) is 278 Å². The lowest BCUT2D eigenvalue weighted by Crippen LogP contribution is -2.46. The van der Waals surface area contributed by atoms with E-state index >= 15 is 0 Å². The number of nitrogens with zero attached hydrogens (tertiary/aromatic N) is 10. The molecule has 16 aromatic carbocycles. The number of aromatic hydroxyl groups is 1. The van der Waals surface area contributed by atoms with Crippen molar-refractivity contribution in [2.75, 3.05) is 37.7 Å². The minimum absolute atomic E-state index is 0.00287. The van der Waals surface area contributed by atoms with E-state index in [1.54, 1.807) is 19.1 Å². The molecule has 21 rings (SSSR count). The molecule has 139 heavy (non-hydrogen) atoms. The predicted octanol–water partition coefficient (Wildman–Crippen LogP) is 29.2. The number of phenols is 1. The maximum absolute atomic E-state index is 11.5. The molecule has 0 spiro atoms. The molecule has 0 bridgehead atoms. The van der Waals surface area contributed by atoms with Gasteiger partial charge in [-0.25, -0.2) is 25.0 Å². The van der Waals surface area contributed by atoms with E-state index < -0.39 is 0 Å². The van der Waals surface area contributed by atoms with Crippen LogP contribution in [0.5, 0.6) is 23.0 Å². The van der Waals surface area contributed by atoms with Crippen LogP contribution >= 0.6 is 11.6 Å². The van der Waals surface area contributed by atoms with Crippen molar-refractivity contribution in [3.05, 3.63) is 492 Å². The second kappa shape index (κ2) is 46.1. The van der Waals surface area contributed by atoms with Crippen LogP contribution in [-0.2, 0) is 16.2 Å². The van der Waals surface area contributed by atoms with Crippen molar-refractivity contribution in [2.24, 2.45) is 25.0 Å². The summed E-state index contributed by atoms with van der Waals surface area (Å²) in [5, 5.41) is 10.3. The van der Waals surface area contributed by atoms with Crippen molar-refractivity contribution in [1.82, 2.24) is 0 Å². The fraction of sp³-hybridized carbons (Fsp3) is 0.140. The van der Waals surface area contributed by atoms with E-state index in [2.05, 4.69) is 171 Å². The Labute approximate surface area is 818 Å². The fourth-order valence-electron chi connectivity index (χ4n) is 17.1. The first-order valence-electron chi connectivity index (χ1n) is 46.8. The summed E-state index contributed by atoms with van der Waals surface area (Å²) in [6.07, 6.45) is 4.44. The molecule has 0 aliphatic carbocycles. The Balaban J connectivity index is 0.000000120. The van der Waals surface area contributed by atoms with Crippen LogP contribution < -0.4 is 38.7 Å². The molecule has 17 nitrogen and oxygen atoms in total. The summed E-state index contributed by atoms with van der Waals surface area (Å²) in [5.41, 5.74) is 19.6. The Morgan fingerprint density at radius 1 is 0.281 bits per heavy atom. The van der Waals surface area contributed by atoms with E-state index in [-0.39, 0.29) is 60.5 Å². The van der Waals surface area contributed by atoms with Crippen molar-refractivity contribution in [2.45, 2.75) is 96.6 Å². The summed E-state index contributed by atoms with van der Waals surface area (Å²) < 4.78 is 16.9. The van der Waals surface area contributed by atoms with Gasteiger partial charge in [0.25, 0.3) is 0 Å². The topological polar surface area (TPSA) is 177 Å². The first kappa shape index (κ1) is 94.1. The Bertz CT molecular complexity index is 6890. The van der Waals surface area contributed by atoms with Gasteiger partial charge in [0.05, 0.1) is 58.6 Å². The van der Waals surface area contributed by atoms with Gasteiger partial charge in [0, 0.05) is 71.1 Å². The van der Waals surface area contributed by atoms with Crippen molar-refractivity contribution in [3.8, 4) is 23.0 Å². The minimum atomic E-state index is -0.00287. The number of phenolic OH excluding ortho intramolecular Hbond substituents is 1. The van der Waals surface area contributed by atoms with Gasteiger partial charge in [-0.3, -0.25) is 14.4 Å². The van der Waals surface area contributed by atoms with Gasteiger partial charge in [-0.05, 0) is 243 Å². The second-order valence-corrected chi connectivity index (χ2v) is 34.8. The molecule has 0 radical (unpaired) electrons. The number of amidine groups is 5. The molecule has 5 aliphatic heterocycles. The SMILES string of the molecule is CC(=O)COc1ccc(N2C(=Nc3ccccc3)CC2c2ccc(Cl)cc2)cc1.CC(=O)COc1ccc(N2C(=Nc3ccccc3)CC2c2ccccc2)cc1.CC(=O)c1ccc(C2CC(=Nc3ccccc3)N2c2ccccc2)cc1.Cc1ccc(C2CC(=Nc3ccccc3)N2c2ccc(O)cc2)cc1.c1ccc(COc2ccc(N3C(=Nc4ccccc4)CC3c3ccccc3)cc2)cc1. The Hall–Kier alpha value is -16.6. The van der Waals surface area contributed by atoms with Crippen LogP contribution in [0.1, 0.15) is 132 Å². The van der Waals surface area contributed by atoms with E-state index in [1.165, 1.54) is 47.2 Å². The molecular weight excluding hydrogens is 1740 g/mol. The molecule has 18 heteroatoms. The zero-order valence-corrected chi connectivity index (χ0v) is 78.7. The van der Waals surface area contributed by atoms with E-state index in [4.69, 9.17) is 50.8 Å². The van der Waals surface area contributed by atoms with Crippen LogP contribution in [0.2, 0.25) is 5.02 Å². The van der Waals surface area contributed by atoms with Gasteiger partial charge in [0.15, 0.2) is 17.3 Å². The highest BCUT2D eigenvalue weighted by Crippen LogP contribution is 2.47. The van der Waals surface area contributed by atoms with Gasteiger partial charge in [-0.15, -0.1) is 0 Å². The zero-order valence-electron chi connectivity index (χ0n) is 77.9. The fourth-order valence-corrected chi connectivity index (χ4v) is 17.2. The molecule has 5 heterocycles. The van der Waals surface area contributed by atoms with Gasteiger partial charge < -0.3 is 43.8 Å². The third-order valence-corrected chi connectivity index (χ3v) is 24.6. The average molecular weight is 1850 g/mol. The van der Waals surface area contributed by atoms with Gasteiger partial charge in [0.2, 0.25) is 0 Å². The molecule has 5 saturated heterocycles. The number of rotatable bonds is 25. The standard InChI is InChI=1S/C28H24N2O.C24H21ClN2O2.C24H22N2O2.C23H20N2O.C22H20N2O/c1-4-10-22(11-5-1)21-31-26-18-16-25(17-19-26)30-27(23-12-6-2-7-13-23)20-28(30)29-24-14-8-3-9-15-24;1-17(28)16-29-22-13-11-21(12-14-22)27-23(18-7-9-19(25)10-8-18)15-24(27)26-20-5-3-2-4-6-20;1-18(27)17-28-22-14-12-21(13-15-22)26-23(19-8-4-2-5-9-19)16-24(26)25-20-10-6-3-7-11-20;1-17(26)18-12-14-19(15-13-18)22-16-23(24-20-8-4-2-5-9-20)25(22)21-10-6-3-7-11-21;1-16-7-9-17(10-8-16)21-15-22(23-18-5-3-2-4-6-18)24(21)19-11-13-20(25)14-12-19/h1-19,27H,20-21H2;2-14,23H,15-16H2,1H3;2-15,23H,16-17H2,1H3;2-15,22H,16H2,1H3;2-14,21,25H,15H2,1H3. The van der Waals surface area contributed by atoms with E-state index in [1.807, 2.05) is 291 Å². The van der Waals surface area contributed by atoms with Crippen LogP contribution in [0.15, 0.2) is 468 Å². The van der Waals surface area contributed by atoms with Crippen LogP contribution in [0, 0.1) is 6.92 Å². The Morgan fingerprint density at radius 2 is 0.518 bits per heavy atom. The maximum atomic E-state index is 11.5. The van der Waals surface area contributed by atoms with Crippen LogP contribution in [-0.4, -0.2) is 64.8 Å². The first-order valence-corrected chi connectivity index (χ1v) is 47.2. The quantitative estimate of drug-likeness (QED) is 0.0537. The summed E-state index contributed by atoms with van der Waals surface area (Å²) in [4.78, 5) is 69.3. The normalized spacial score (nSPS) is 17.4. The van der Waals surface area contributed by atoms with E-state index in [9.17, 15) is 19.5 Å². The number of hydrogen-bond donors (Lipinski definition) is 1. The molecule has 5 atom stereocenters. The number of carbonyl (C=O) groups is 3. The number of Topliss-reactive ketones (excluding diaryl/α,β-unsaturated/α-hetero) is 3. The summed E-state index contributed by atoms with van der Waals surface area (Å²) in [6, 6.07) is 149. The highest BCUT2D eigenvalue weighted by Gasteiger charge is 2.41. The summed E-state index contributed by atoms with van der Waals surface area (Å²) in [5.74, 6) is 7.84. The highest BCUT2D eigenvalue weighted by molar-refractivity contribution is 6.30. The number of aliphatic imine (C=N–C) groups is 5. The largest absolute Gasteiger partial charge is 0.508 e. The maximum Gasteiger partial charge on any atom is 0.167 e. The highest BCUT2D eigenvalue weighted by atomic mass is 35.5. The van der Waals surface area contributed by atoms with Crippen LogP contribution in [0.4, 0.5) is 56.9 Å². The number of hydrogen-bond acceptors (Lipinski definition) is 12. The lowest BCUT2D eigenvalue weighted by Gasteiger charge is -2.44. The monoisotopic (exact) mass is 1850 g/mol. The average Bonchev–Trinajstić information content (AvgIpc) is 0.775. The summed E-state index contributed by atoms with van der Waals surface area (Å²) >= 11 is 6.06. The van der Waals surface area contributed by atoms with Crippen LogP contribution in [0.25, 0.3) is 0 Å². The molecule has 0 aromatic heterocycles. The third kappa shape index (κ3) is 24.7. The van der Waals surface area contributed by atoms with Crippen molar-refractivity contribution < 1.29 is 33.7 Å². The summed E-state index contributed by atoms with van der Waals surface area (Å²) in [6.45, 7) is 7.47. The lowest BCUT2D eigenvalue weighted by molar-refractivity contribution is -0.119. The molecule has 5 fully saturated rings. The number of halogens is 1. The van der Waals surface area contributed by atoms with E-state index in [0.717, 1.165) is 140 Å². The van der Waals surface area contributed by atoms with E-state index in [0.29, 0.717) is 24.1 Å². The molecule has 1 N–H and O–H groups in total. The number of carbonyl (C=O) groups excluding carboxylic acids is 3. The number of aryl methyl sites for hydroxylation is 1. The lowest BCUT2D eigenvalue weighted by atomic mass is 9.91. The van der Waals surface area contributed by atoms with Gasteiger partial charge in [-0.2, -0.15) is 0 Å². The molecule has 5 aliphatic rings. The second-order valence-electron chi connectivity index (χ2n) is 34.3. The zero-order chi connectivity index (χ0) is 95.6. The molecular formula is C121H107ClN10O7. The molecule has 5 unspecified atom stereocenters. The number of para-hydroxylation sites is 6. The molecule has 16 aromatic rings. The number of benzene rings is 16. The van der Waals surface area contributed by atoms with Crippen LogP contribution in [0.3, 0.4) is 0 Å². The Kier molecular flexibility index (Phi) is 31.2. The first-order chi connectivity index (χ1) is 68.1. The predicted molar refractivity (Wildman–Crippen MR) is 566 cm³/mol. The number of ether oxygens (including phenoxy) is 3.